The van der Waals surface area contributed by atoms with Gasteiger partial charge in [0.2, 0.25) is 0 Å². The number of amides is 1. The molecule has 1 heterocycles. The van der Waals surface area contributed by atoms with E-state index in [0.717, 1.165) is 16.8 Å². The molecule has 5 nitrogen and oxygen atoms in total. The maximum absolute atomic E-state index is 12.2. The molecule has 5 heteroatoms. The van der Waals surface area contributed by atoms with Crippen molar-refractivity contribution in [1.29, 1.82) is 0 Å². The zero-order chi connectivity index (χ0) is 18.5. The molecule has 0 spiro atoms. The maximum atomic E-state index is 12.2. The van der Waals surface area contributed by atoms with Crippen LogP contribution in [0, 0.1) is 20.8 Å². The largest absolute Gasteiger partial charge is 0.347 e. The molecule has 0 saturated carbocycles. The first-order valence-electron chi connectivity index (χ1n) is 8.52. The molecule has 3 aromatic rings. The van der Waals surface area contributed by atoms with Gasteiger partial charge in [-0.25, -0.2) is 9.97 Å². The molecule has 0 radical (unpaired) electrons. The van der Waals surface area contributed by atoms with Gasteiger partial charge in [0, 0.05) is 12.2 Å². The van der Waals surface area contributed by atoms with E-state index in [1.807, 2.05) is 37.3 Å². The summed E-state index contributed by atoms with van der Waals surface area (Å²) in [7, 11) is 0. The van der Waals surface area contributed by atoms with Gasteiger partial charge in [-0.3, -0.25) is 4.79 Å². The van der Waals surface area contributed by atoms with Crippen LogP contribution in [0.5, 0.6) is 0 Å². The number of hydrogen-bond donors (Lipinski definition) is 2. The third-order valence-electron chi connectivity index (χ3n) is 4.36. The van der Waals surface area contributed by atoms with Crippen molar-refractivity contribution in [2.24, 2.45) is 0 Å². The summed E-state index contributed by atoms with van der Waals surface area (Å²) in [5.41, 5.74) is 5.91. The molecule has 2 aromatic carbocycles. The Kier molecular flexibility index (Phi) is 5.27. The zero-order valence-electron chi connectivity index (χ0n) is 15.2. The van der Waals surface area contributed by atoms with Crippen molar-refractivity contribution in [2.75, 3.05) is 5.32 Å². The molecule has 0 atom stereocenters. The van der Waals surface area contributed by atoms with Gasteiger partial charge < -0.3 is 10.6 Å². The van der Waals surface area contributed by atoms with Crippen molar-refractivity contribution in [3.05, 3.63) is 82.8 Å². The number of carbonyl (C=O) groups excluding carboxylic acids is 1. The fourth-order valence-electron chi connectivity index (χ4n) is 2.55. The van der Waals surface area contributed by atoms with Crippen molar-refractivity contribution in [3.8, 4) is 0 Å². The number of hydrogen-bond acceptors (Lipinski definition) is 4. The predicted molar refractivity (Wildman–Crippen MR) is 104 cm³/mol. The van der Waals surface area contributed by atoms with Crippen molar-refractivity contribution < 1.29 is 4.79 Å². The number of carbonyl (C=O) groups is 1. The Morgan fingerprint density at radius 2 is 1.73 bits per heavy atom. The van der Waals surface area contributed by atoms with Crippen LogP contribution in [0.1, 0.15) is 32.7 Å². The van der Waals surface area contributed by atoms with Gasteiger partial charge >= 0.3 is 0 Å². The first-order valence-corrected chi connectivity index (χ1v) is 8.52. The van der Waals surface area contributed by atoms with Crippen molar-refractivity contribution in [2.45, 2.75) is 27.3 Å². The molecule has 0 saturated heterocycles. The van der Waals surface area contributed by atoms with Gasteiger partial charge in [-0.15, -0.1) is 0 Å². The Balaban J connectivity index is 1.62. The third kappa shape index (κ3) is 4.25. The number of nitrogens with one attached hydrogen (secondary N) is 2. The lowest BCUT2D eigenvalue weighted by Crippen LogP contribution is -2.24. The fraction of sp³-hybridized carbons (Fsp3) is 0.190. The van der Waals surface area contributed by atoms with Gasteiger partial charge in [0.25, 0.3) is 5.91 Å². The first kappa shape index (κ1) is 17.6. The van der Waals surface area contributed by atoms with Gasteiger partial charge in [-0.05, 0) is 55.2 Å². The summed E-state index contributed by atoms with van der Waals surface area (Å²) in [5.74, 6) is 0.363. The van der Waals surface area contributed by atoms with E-state index in [9.17, 15) is 4.79 Å². The summed E-state index contributed by atoms with van der Waals surface area (Å²) in [5, 5.41) is 6.08. The van der Waals surface area contributed by atoms with E-state index in [0.29, 0.717) is 18.1 Å². The molecule has 26 heavy (non-hydrogen) atoms. The van der Waals surface area contributed by atoms with E-state index >= 15 is 0 Å². The average molecular weight is 346 g/mol. The monoisotopic (exact) mass is 346 g/mol. The number of anilines is 2. The van der Waals surface area contributed by atoms with Gasteiger partial charge in [0.15, 0.2) is 0 Å². The molecule has 0 aliphatic rings. The van der Waals surface area contributed by atoms with E-state index in [2.05, 4.69) is 46.6 Å². The number of aromatic nitrogens is 2. The highest BCUT2D eigenvalue weighted by Crippen LogP contribution is 2.17. The molecule has 1 amide bonds. The summed E-state index contributed by atoms with van der Waals surface area (Å²) >= 11 is 0. The molecule has 3 rings (SSSR count). The van der Waals surface area contributed by atoms with Crippen LogP contribution < -0.4 is 10.6 Å². The number of benzene rings is 2. The summed E-state index contributed by atoms with van der Waals surface area (Å²) in [6, 6.07) is 14.1. The zero-order valence-corrected chi connectivity index (χ0v) is 15.2. The Morgan fingerprint density at radius 3 is 2.42 bits per heavy atom. The standard InChI is InChI=1S/C21H22N4O/c1-14-8-9-18(10-16(14)3)25-20-13-22-19(12-23-20)21(26)24-11-17-7-5-4-6-15(17)2/h4-10,12-13H,11H2,1-3H3,(H,23,25)(H,24,26). The highest BCUT2D eigenvalue weighted by atomic mass is 16.1. The highest BCUT2D eigenvalue weighted by molar-refractivity contribution is 5.92. The van der Waals surface area contributed by atoms with Crippen molar-refractivity contribution in [1.82, 2.24) is 15.3 Å². The molecule has 1 aromatic heterocycles. The molecule has 0 unspecified atom stereocenters. The van der Waals surface area contributed by atoms with Crippen LogP contribution in [0.3, 0.4) is 0 Å². The second-order valence-electron chi connectivity index (χ2n) is 6.32. The minimum Gasteiger partial charge on any atom is -0.347 e. The summed E-state index contributed by atoms with van der Waals surface area (Å²) in [6.45, 7) is 6.63. The lowest BCUT2D eigenvalue weighted by atomic mass is 10.1. The number of rotatable bonds is 5. The second kappa shape index (κ2) is 7.78. The molecule has 2 N–H and O–H groups in total. The van der Waals surface area contributed by atoms with Gasteiger partial charge in [0.05, 0.1) is 12.4 Å². The van der Waals surface area contributed by atoms with Crippen LogP contribution in [-0.4, -0.2) is 15.9 Å². The van der Waals surface area contributed by atoms with Crippen LogP contribution in [0.25, 0.3) is 0 Å². The summed E-state index contributed by atoms with van der Waals surface area (Å²) < 4.78 is 0. The summed E-state index contributed by atoms with van der Waals surface area (Å²) in [4.78, 5) is 20.7. The van der Waals surface area contributed by atoms with E-state index < -0.39 is 0 Å². The topological polar surface area (TPSA) is 66.9 Å². The second-order valence-corrected chi connectivity index (χ2v) is 6.32. The smallest absolute Gasteiger partial charge is 0.271 e. The molecular weight excluding hydrogens is 324 g/mol. The van der Waals surface area contributed by atoms with Crippen molar-refractivity contribution >= 4 is 17.4 Å². The number of aryl methyl sites for hydroxylation is 3. The quantitative estimate of drug-likeness (QED) is 0.731. The van der Waals surface area contributed by atoms with Gasteiger partial charge in [0.1, 0.15) is 11.5 Å². The van der Waals surface area contributed by atoms with Crippen LogP contribution in [0.4, 0.5) is 11.5 Å². The SMILES string of the molecule is Cc1ccc(Nc2cnc(C(=O)NCc3ccccc3C)cn2)cc1C. The van der Waals surface area contributed by atoms with E-state index in [4.69, 9.17) is 0 Å². The minimum absolute atomic E-state index is 0.238. The molecule has 132 valence electrons. The minimum atomic E-state index is -0.238. The van der Waals surface area contributed by atoms with Crippen LogP contribution in [0.2, 0.25) is 0 Å². The molecule has 0 bridgehead atoms. The van der Waals surface area contributed by atoms with Crippen LogP contribution in [0.15, 0.2) is 54.9 Å². The van der Waals surface area contributed by atoms with E-state index in [1.165, 1.54) is 17.3 Å². The van der Waals surface area contributed by atoms with Crippen LogP contribution >= 0.6 is 0 Å². The predicted octanol–water partition coefficient (Wildman–Crippen LogP) is 4.08. The normalized spacial score (nSPS) is 10.4. The molecular formula is C21H22N4O. The first-order chi connectivity index (χ1) is 12.5. The Bertz CT molecular complexity index is 920. The lowest BCUT2D eigenvalue weighted by Gasteiger charge is -2.09. The van der Waals surface area contributed by atoms with E-state index in [-0.39, 0.29) is 5.91 Å². The average Bonchev–Trinajstić information content (AvgIpc) is 2.64. The molecule has 0 aliphatic carbocycles. The Morgan fingerprint density at radius 1 is 0.923 bits per heavy atom. The van der Waals surface area contributed by atoms with Gasteiger partial charge in [-0.2, -0.15) is 0 Å². The Labute approximate surface area is 153 Å². The summed E-state index contributed by atoms with van der Waals surface area (Å²) in [6.07, 6.45) is 3.05. The Hall–Kier alpha value is -3.21. The van der Waals surface area contributed by atoms with Crippen molar-refractivity contribution in [3.63, 3.8) is 0 Å². The fourth-order valence-corrected chi connectivity index (χ4v) is 2.55. The highest BCUT2D eigenvalue weighted by Gasteiger charge is 2.09. The lowest BCUT2D eigenvalue weighted by molar-refractivity contribution is 0.0945. The third-order valence-corrected chi connectivity index (χ3v) is 4.36. The van der Waals surface area contributed by atoms with E-state index in [1.54, 1.807) is 6.20 Å². The number of nitrogens with zero attached hydrogens (tertiary/aromatic N) is 2. The molecule has 0 aliphatic heterocycles. The van der Waals surface area contributed by atoms with Crippen LogP contribution in [-0.2, 0) is 6.54 Å². The molecule has 0 fully saturated rings. The van der Waals surface area contributed by atoms with Gasteiger partial charge in [-0.1, -0.05) is 30.3 Å². The maximum Gasteiger partial charge on any atom is 0.271 e.